The van der Waals surface area contributed by atoms with Crippen molar-refractivity contribution >= 4 is 72.8 Å². The SMILES string of the molecule is CS/C(N)=N\C(=N/S(=O)(=O)c1ccc(I)cc1)N1CC(c2ccccc2)C(c2ccc(Cl)cc2)=N1. The lowest BCUT2D eigenvalue weighted by atomic mass is 9.91. The molecule has 0 radical (unpaired) electrons. The van der Waals surface area contributed by atoms with Gasteiger partial charge in [0.2, 0.25) is 0 Å². The first-order chi connectivity index (χ1) is 16.8. The van der Waals surface area contributed by atoms with Crippen LogP contribution < -0.4 is 5.73 Å². The molecule has 0 amide bonds. The first-order valence-electron chi connectivity index (χ1n) is 10.4. The number of halogens is 2. The summed E-state index contributed by atoms with van der Waals surface area (Å²) < 4.78 is 31.2. The maximum atomic E-state index is 13.1. The van der Waals surface area contributed by atoms with Gasteiger partial charge < -0.3 is 5.73 Å². The van der Waals surface area contributed by atoms with Crippen molar-refractivity contribution in [1.82, 2.24) is 5.01 Å². The summed E-state index contributed by atoms with van der Waals surface area (Å²) in [5, 5.41) is 7.05. The number of benzene rings is 3. The van der Waals surface area contributed by atoms with E-state index in [1.807, 2.05) is 42.5 Å². The predicted octanol–water partition coefficient (Wildman–Crippen LogP) is 5.17. The summed E-state index contributed by atoms with van der Waals surface area (Å²) in [6, 6.07) is 23.7. The van der Waals surface area contributed by atoms with Gasteiger partial charge in [-0.3, -0.25) is 0 Å². The number of nitrogens with two attached hydrogens (primary N) is 1. The number of hydrogen-bond acceptors (Lipinski definition) is 4. The molecule has 1 unspecified atom stereocenters. The molecular formula is C24H21ClIN5O2S2. The highest BCUT2D eigenvalue weighted by atomic mass is 127. The first-order valence-corrected chi connectivity index (χ1v) is 14.5. The van der Waals surface area contributed by atoms with Crippen LogP contribution in [0.15, 0.2) is 98.2 Å². The van der Waals surface area contributed by atoms with Crippen LogP contribution in [0.1, 0.15) is 17.0 Å². The molecular weight excluding hydrogens is 617 g/mol. The van der Waals surface area contributed by atoms with E-state index in [-0.39, 0.29) is 21.9 Å². The third-order valence-electron chi connectivity index (χ3n) is 5.22. The Morgan fingerprint density at radius 3 is 2.37 bits per heavy atom. The van der Waals surface area contributed by atoms with Gasteiger partial charge in [0.25, 0.3) is 16.0 Å². The molecule has 4 rings (SSSR count). The second-order valence-electron chi connectivity index (χ2n) is 7.51. The third kappa shape index (κ3) is 6.24. The summed E-state index contributed by atoms with van der Waals surface area (Å²) in [6.45, 7) is 0.341. The summed E-state index contributed by atoms with van der Waals surface area (Å²) in [7, 11) is -4.05. The number of amidine groups is 1. The van der Waals surface area contributed by atoms with Gasteiger partial charge in [0.1, 0.15) is 0 Å². The van der Waals surface area contributed by atoms with Crippen molar-refractivity contribution in [2.45, 2.75) is 10.8 Å². The van der Waals surface area contributed by atoms with Crippen LogP contribution in [0.3, 0.4) is 0 Å². The summed E-state index contributed by atoms with van der Waals surface area (Å²) in [5.74, 6) is -0.241. The van der Waals surface area contributed by atoms with Gasteiger partial charge in [-0.2, -0.15) is 18.5 Å². The van der Waals surface area contributed by atoms with Crippen LogP contribution >= 0.6 is 46.0 Å². The lowest BCUT2D eigenvalue weighted by molar-refractivity contribution is 0.470. The van der Waals surface area contributed by atoms with Crippen molar-refractivity contribution < 1.29 is 8.42 Å². The molecule has 3 aromatic rings. The average molecular weight is 638 g/mol. The van der Waals surface area contributed by atoms with Crippen molar-refractivity contribution in [1.29, 1.82) is 0 Å². The summed E-state index contributed by atoms with van der Waals surface area (Å²) >= 11 is 9.40. The minimum Gasteiger partial charge on any atom is -0.378 e. The van der Waals surface area contributed by atoms with Gasteiger partial charge in [-0.25, -0.2) is 5.01 Å². The zero-order valence-electron chi connectivity index (χ0n) is 18.5. The molecule has 1 heterocycles. The fourth-order valence-electron chi connectivity index (χ4n) is 3.49. The van der Waals surface area contributed by atoms with Gasteiger partial charge in [0.05, 0.1) is 17.2 Å². The second-order valence-corrected chi connectivity index (χ2v) is 11.6. The van der Waals surface area contributed by atoms with Gasteiger partial charge >= 0.3 is 0 Å². The summed E-state index contributed by atoms with van der Waals surface area (Å²) in [6.07, 6.45) is 1.75. The van der Waals surface area contributed by atoms with E-state index in [0.717, 1.165) is 20.4 Å². The molecule has 180 valence electrons. The topological polar surface area (TPSA) is 100 Å². The third-order valence-corrected chi connectivity index (χ3v) is 7.97. The van der Waals surface area contributed by atoms with Crippen molar-refractivity contribution in [3.63, 3.8) is 0 Å². The van der Waals surface area contributed by atoms with E-state index in [0.29, 0.717) is 11.6 Å². The van der Waals surface area contributed by atoms with E-state index >= 15 is 0 Å². The fraction of sp³-hybridized carbons (Fsp3) is 0.125. The van der Waals surface area contributed by atoms with Crippen LogP contribution in [-0.4, -0.2) is 43.1 Å². The highest BCUT2D eigenvalue weighted by Crippen LogP contribution is 2.30. The van der Waals surface area contributed by atoms with E-state index in [9.17, 15) is 8.42 Å². The molecule has 3 aromatic carbocycles. The highest BCUT2D eigenvalue weighted by molar-refractivity contribution is 14.1. The normalized spacial score (nSPS) is 16.9. The molecule has 0 saturated heterocycles. The molecule has 0 bridgehead atoms. The molecule has 1 aliphatic rings. The average Bonchev–Trinajstić information content (AvgIpc) is 3.30. The molecule has 0 saturated carbocycles. The lowest BCUT2D eigenvalue weighted by Gasteiger charge is -2.16. The fourth-order valence-corrected chi connectivity index (χ4v) is 5.08. The van der Waals surface area contributed by atoms with Crippen LogP contribution in [0.25, 0.3) is 0 Å². The van der Waals surface area contributed by atoms with Crippen molar-refractivity contribution in [2.75, 3.05) is 12.8 Å². The Kier molecular flexibility index (Phi) is 8.15. The monoisotopic (exact) mass is 637 g/mol. The molecule has 0 fully saturated rings. The Morgan fingerprint density at radius 1 is 1.09 bits per heavy atom. The van der Waals surface area contributed by atoms with E-state index in [1.54, 1.807) is 30.5 Å². The van der Waals surface area contributed by atoms with Gasteiger partial charge in [0, 0.05) is 14.5 Å². The molecule has 0 aromatic heterocycles. The number of nitrogens with zero attached hydrogens (tertiary/aromatic N) is 4. The van der Waals surface area contributed by atoms with E-state index in [2.05, 4.69) is 32.0 Å². The number of aliphatic imine (C=N–C) groups is 1. The first kappa shape index (κ1) is 25.7. The molecule has 1 atom stereocenters. The zero-order chi connectivity index (χ0) is 25.0. The smallest absolute Gasteiger partial charge is 0.285 e. The van der Waals surface area contributed by atoms with Crippen LogP contribution in [0.4, 0.5) is 0 Å². The molecule has 1 aliphatic heterocycles. The van der Waals surface area contributed by atoms with Crippen LogP contribution in [0.2, 0.25) is 5.02 Å². The molecule has 0 aliphatic carbocycles. The van der Waals surface area contributed by atoms with Gasteiger partial charge in [0.15, 0.2) is 5.17 Å². The predicted molar refractivity (Wildman–Crippen MR) is 153 cm³/mol. The Hall–Kier alpha value is -2.41. The van der Waals surface area contributed by atoms with Crippen molar-refractivity contribution in [3.8, 4) is 0 Å². The zero-order valence-corrected chi connectivity index (χ0v) is 23.1. The van der Waals surface area contributed by atoms with E-state index in [4.69, 9.17) is 22.4 Å². The molecule has 35 heavy (non-hydrogen) atoms. The molecule has 2 N–H and O–H groups in total. The Balaban J connectivity index is 1.81. The number of thioether (sulfide) groups is 1. The van der Waals surface area contributed by atoms with E-state index < -0.39 is 10.0 Å². The van der Waals surface area contributed by atoms with Crippen molar-refractivity contribution in [3.05, 3.63) is 98.6 Å². The summed E-state index contributed by atoms with van der Waals surface area (Å²) in [4.78, 5) is 4.36. The van der Waals surface area contributed by atoms with Gasteiger partial charge in [-0.15, -0.1) is 4.40 Å². The standard InChI is InChI=1S/C24H21ClIN5O2S2/c1-34-23(27)28-24(30-35(32,33)20-13-11-19(26)12-14-20)31-15-21(16-5-3-2-4-6-16)22(29-31)17-7-9-18(25)10-8-17/h2-14,21H,15H2,1H3,(H2,27,28,30). The lowest BCUT2D eigenvalue weighted by Crippen LogP contribution is -2.27. The number of hydrogen-bond donors (Lipinski definition) is 1. The number of hydrazone groups is 1. The Bertz CT molecular complexity index is 1390. The maximum absolute atomic E-state index is 13.1. The second kappa shape index (κ2) is 11.1. The number of guanidine groups is 1. The van der Waals surface area contributed by atoms with Gasteiger partial charge in [-0.05, 0) is 76.4 Å². The van der Waals surface area contributed by atoms with Gasteiger partial charge in [-0.1, -0.05) is 65.8 Å². The van der Waals surface area contributed by atoms with Crippen LogP contribution in [0.5, 0.6) is 0 Å². The van der Waals surface area contributed by atoms with E-state index in [1.165, 1.54) is 28.9 Å². The minimum atomic E-state index is -4.05. The number of rotatable bonds is 4. The largest absolute Gasteiger partial charge is 0.378 e. The maximum Gasteiger partial charge on any atom is 0.285 e. The Labute approximate surface area is 227 Å². The van der Waals surface area contributed by atoms with Crippen LogP contribution in [0, 0.1) is 3.57 Å². The van der Waals surface area contributed by atoms with Crippen LogP contribution in [-0.2, 0) is 10.0 Å². The summed E-state index contributed by atoms with van der Waals surface area (Å²) in [5.41, 5.74) is 8.63. The minimum absolute atomic E-state index is 0.0639. The van der Waals surface area contributed by atoms with Crippen molar-refractivity contribution in [2.24, 2.45) is 20.2 Å². The molecule has 11 heteroatoms. The quantitative estimate of drug-likeness (QED) is 0.242. The molecule has 7 nitrogen and oxygen atoms in total. The number of sulfonamides is 1. The Morgan fingerprint density at radius 2 is 1.74 bits per heavy atom. The highest BCUT2D eigenvalue weighted by Gasteiger charge is 2.32. The molecule has 0 spiro atoms.